The van der Waals surface area contributed by atoms with E-state index in [1.807, 2.05) is 10.8 Å². The van der Waals surface area contributed by atoms with Gasteiger partial charge >= 0.3 is 0 Å². The molecule has 0 fully saturated rings. The predicted molar refractivity (Wildman–Crippen MR) is 62.6 cm³/mol. The minimum atomic E-state index is 0. The molecule has 4 nitrogen and oxygen atoms in total. The first-order valence-corrected chi connectivity index (χ1v) is 5.73. The molecule has 15 heavy (non-hydrogen) atoms. The van der Waals surface area contributed by atoms with Crippen LogP contribution in [-0.2, 0) is 21.1 Å². The number of nitrogens with one attached hydrogen (secondary N) is 2. The van der Waals surface area contributed by atoms with Gasteiger partial charge < -0.3 is 11.5 Å². The molecule has 2 aromatic heterocycles. The Morgan fingerprint density at radius 3 is 1.33 bits per heavy atom. The number of nitrogens with zero attached hydrogens (tertiary/aromatic N) is 2. The van der Waals surface area contributed by atoms with E-state index >= 15 is 0 Å². The van der Waals surface area contributed by atoms with Crippen molar-refractivity contribution in [2.45, 2.75) is 0 Å². The summed E-state index contributed by atoms with van der Waals surface area (Å²) in [7, 11) is 0. The Morgan fingerprint density at radius 1 is 0.867 bits per heavy atom. The van der Waals surface area contributed by atoms with Gasteiger partial charge in [-0.15, -0.1) is 22.7 Å². The molecule has 0 aliphatic heterocycles. The summed E-state index contributed by atoms with van der Waals surface area (Å²) in [6.45, 7) is 0.472. The standard InChI is InChI=1S/2C3H3NS.C2H6N2.Pt/c2*1-2-5-3-4-1;3-1-2-4;/h2*1-3H;3-4H,1-2H2;/q;;-2;. The molecule has 0 spiro atoms. The third-order valence-electron chi connectivity index (χ3n) is 0.819. The first kappa shape index (κ1) is 17.3. The normalized spacial score (nSPS) is 7.33. The fourth-order valence-electron chi connectivity index (χ4n) is 0.351. The van der Waals surface area contributed by atoms with Crippen LogP contribution in [0.2, 0.25) is 0 Å². The Hall–Kier alpha value is -0.132. The molecule has 0 aromatic carbocycles. The molecule has 2 N–H and O–H groups in total. The van der Waals surface area contributed by atoms with E-state index in [1.54, 1.807) is 46.1 Å². The number of thiazole rings is 2. The first-order valence-electron chi connectivity index (χ1n) is 3.85. The van der Waals surface area contributed by atoms with E-state index in [0.29, 0.717) is 0 Å². The van der Waals surface area contributed by atoms with Crippen LogP contribution < -0.4 is 0 Å². The summed E-state index contributed by atoms with van der Waals surface area (Å²) < 4.78 is 0. The maximum Gasteiger partial charge on any atom is 0.0791 e. The van der Waals surface area contributed by atoms with Crippen LogP contribution >= 0.6 is 22.7 Å². The van der Waals surface area contributed by atoms with Gasteiger partial charge in [0.25, 0.3) is 0 Å². The second-order valence-electron chi connectivity index (χ2n) is 1.85. The summed E-state index contributed by atoms with van der Waals surface area (Å²) in [5.74, 6) is 0. The van der Waals surface area contributed by atoms with Crippen molar-refractivity contribution in [3.8, 4) is 0 Å². The average Bonchev–Trinajstić information content (AvgIpc) is 2.94. The van der Waals surface area contributed by atoms with Gasteiger partial charge in [0, 0.05) is 44.2 Å². The maximum atomic E-state index is 6.26. The molecule has 2 rings (SSSR count). The second kappa shape index (κ2) is 16.3. The van der Waals surface area contributed by atoms with E-state index in [4.69, 9.17) is 11.5 Å². The molecule has 2 heterocycles. The first-order chi connectivity index (χ1) is 6.91. The van der Waals surface area contributed by atoms with Gasteiger partial charge in [0.2, 0.25) is 0 Å². The van der Waals surface area contributed by atoms with E-state index in [2.05, 4.69) is 9.97 Å². The molecule has 0 unspecified atom stereocenters. The molecular formula is C8H12N4PtS2-2. The number of aromatic nitrogens is 2. The Bertz CT molecular complexity index is 187. The van der Waals surface area contributed by atoms with Crippen molar-refractivity contribution < 1.29 is 21.1 Å². The fourth-order valence-corrected chi connectivity index (χ4v) is 1.05. The molecule has 0 aliphatic rings. The van der Waals surface area contributed by atoms with Crippen molar-refractivity contribution in [2.75, 3.05) is 13.1 Å². The minimum Gasteiger partial charge on any atom is -0.679 e. The molecule has 0 bridgehead atoms. The Balaban J connectivity index is 0. The van der Waals surface area contributed by atoms with Crippen LogP contribution in [0.3, 0.4) is 0 Å². The summed E-state index contributed by atoms with van der Waals surface area (Å²) in [6.07, 6.45) is 3.54. The van der Waals surface area contributed by atoms with Crippen LogP contribution in [0.1, 0.15) is 0 Å². The fraction of sp³-hybridized carbons (Fsp3) is 0.250. The molecule has 88 valence electrons. The molecule has 0 saturated heterocycles. The van der Waals surface area contributed by atoms with Gasteiger partial charge in [-0.2, -0.15) is 13.1 Å². The van der Waals surface area contributed by atoms with Crippen LogP contribution in [0.5, 0.6) is 0 Å². The van der Waals surface area contributed by atoms with Gasteiger partial charge in [-0.25, -0.2) is 0 Å². The molecule has 0 aliphatic carbocycles. The third-order valence-corrected chi connectivity index (χ3v) is 1.86. The summed E-state index contributed by atoms with van der Waals surface area (Å²) in [5, 5.41) is 3.86. The van der Waals surface area contributed by atoms with Crippen molar-refractivity contribution in [2.24, 2.45) is 0 Å². The minimum absolute atomic E-state index is 0. The Labute approximate surface area is 112 Å². The van der Waals surface area contributed by atoms with Gasteiger partial charge in [-0.1, -0.05) is 0 Å². The van der Waals surface area contributed by atoms with Gasteiger partial charge in [0.1, 0.15) is 0 Å². The van der Waals surface area contributed by atoms with Crippen molar-refractivity contribution in [3.63, 3.8) is 0 Å². The van der Waals surface area contributed by atoms with Crippen LogP contribution in [0, 0.1) is 0 Å². The SMILES string of the molecule is [NH-]CC[NH-].[Pt].c1cscn1.c1cscn1. The van der Waals surface area contributed by atoms with E-state index in [1.165, 1.54) is 0 Å². The topological polar surface area (TPSA) is 73.4 Å². The molecule has 7 heteroatoms. The molecule has 0 amide bonds. The van der Waals surface area contributed by atoms with Crippen molar-refractivity contribution in [3.05, 3.63) is 45.6 Å². The molecule has 0 radical (unpaired) electrons. The number of hydrogen-bond acceptors (Lipinski definition) is 4. The summed E-state index contributed by atoms with van der Waals surface area (Å²) in [6, 6.07) is 0. The summed E-state index contributed by atoms with van der Waals surface area (Å²) in [5.41, 5.74) is 16.1. The second-order valence-corrected chi connectivity index (χ2v) is 3.36. The van der Waals surface area contributed by atoms with Gasteiger partial charge in [-0.05, 0) is 0 Å². The van der Waals surface area contributed by atoms with Crippen LogP contribution in [-0.4, -0.2) is 23.1 Å². The zero-order valence-electron chi connectivity index (χ0n) is 7.91. The van der Waals surface area contributed by atoms with E-state index < -0.39 is 0 Å². The van der Waals surface area contributed by atoms with Crippen LogP contribution in [0.15, 0.2) is 34.2 Å². The largest absolute Gasteiger partial charge is 0.679 e. The third kappa shape index (κ3) is 16.5. The van der Waals surface area contributed by atoms with Gasteiger partial charge in [0.15, 0.2) is 0 Å². The summed E-state index contributed by atoms with van der Waals surface area (Å²) in [4.78, 5) is 7.48. The Kier molecular flexibility index (Phi) is 18.8. The van der Waals surface area contributed by atoms with Crippen LogP contribution in [0.25, 0.3) is 11.5 Å². The summed E-state index contributed by atoms with van der Waals surface area (Å²) >= 11 is 3.20. The van der Waals surface area contributed by atoms with Gasteiger partial charge in [-0.3, -0.25) is 9.97 Å². The molecule has 0 atom stereocenters. The van der Waals surface area contributed by atoms with Crippen LogP contribution in [0.4, 0.5) is 0 Å². The number of hydrogen-bond donors (Lipinski definition) is 0. The molecular weight excluding hydrogens is 411 g/mol. The Morgan fingerprint density at radius 2 is 1.27 bits per heavy atom. The van der Waals surface area contributed by atoms with Crippen molar-refractivity contribution in [1.82, 2.24) is 9.97 Å². The zero-order valence-corrected chi connectivity index (χ0v) is 11.8. The molecule has 0 saturated carbocycles. The molecule has 2 aromatic rings. The van der Waals surface area contributed by atoms with E-state index in [9.17, 15) is 0 Å². The average molecular weight is 423 g/mol. The smallest absolute Gasteiger partial charge is 0.0791 e. The van der Waals surface area contributed by atoms with E-state index in [0.717, 1.165) is 0 Å². The van der Waals surface area contributed by atoms with Crippen molar-refractivity contribution in [1.29, 1.82) is 0 Å². The van der Waals surface area contributed by atoms with Gasteiger partial charge in [0.05, 0.1) is 11.0 Å². The monoisotopic (exact) mass is 423 g/mol. The predicted octanol–water partition coefficient (Wildman–Crippen LogP) is 3.37. The zero-order chi connectivity index (χ0) is 10.5. The maximum absolute atomic E-state index is 6.26. The number of rotatable bonds is 1. The van der Waals surface area contributed by atoms with E-state index in [-0.39, 0.29) is 34.2 Å². The van der Waals surface area contributed by atoms with Crippen molar-refractivity contribution >= 4 is 22.7 Å². The quantitative estimate of drug-likeness (QED) is 0.706.